The third-order valence-corrected chi connectivity index (χ3v) is 5.22. The molecule has 1 heterocycles. The maximum atomic E-state index is 12.6. The number of hydrogen-bond acceptors (Lipinski definition) is 7. The number of nitro groups is 1. The normalized spacial score (nSPS) is 18.1. The van der Waals surface area contributed by atoms with Gasteiger partial charge in [-0.2, -0.15) is 5.26 Å². The zero-order valence-electron chi connectivity index (χ0n) is 15.6. The molecule has 3 rings (SSSR count). The first-order valence-electron chi connectivity index (χ1n) is 9.27. The quantitative estimate of drug-likeness (QED) is 0.432. The predicted molar refractivity (Wildman–Crippen MR) is 99.7 cm³/mol. The lowest BCUT2D eigenvalue weighted by Gasteiger charge is -2.23. The second kappa shape index (κ2) is 7.84. The lowest BCUT2D eigenvalue weighted by Crippen LogP contribution is -2.48. The minimum Gasteiger partial charge on any atom is -0.452 e. The van der Waals surface area contributed by atoms with E-state index in [1.165, 1.54) is 12.1 Å². The molecule has 148 valence electrons. The highest BCUT2D eigenvalue weighted by atomic mass is 16.6. The average molecular weight is 386 g/mol. The molecular formula is C19H22N4O5. The van der Waals surface area contributed by atoms with Crippen molar-refractivity contribution >= 4 is 23.3 Å². The van der Waals surface area contributed by atoms with E-state index in [0.29, 0.717) is 5.69 Å². The summed E-state index contributed by atoms with van der Waals surface area (Å²) >= 11 is 0. The van der Waals surface area contributed by atoms with E-state index in [4.69, 9.17) is 4.74 Å². The molecule has 1 amide bonds. The van der Waals surface area contributed by atoms with Crippen LogP contribution in [-0.4, -0.2) is 42.0 Å². The standard InChI is InChI=1S/C19H22N4O5/c1-19(12-20,13-4-5-13)21-17(24)11-28-18(25)15-10-14(23(26)27)6-7-16(15)22-8-2-3-9-22/h6-7,10,13H,2-5,8-9,11H2,1H3,(H,21,24)/t19-/m0/s1. The van der Waals surface area contributed by atoms with Crippen molar-refractivity contribution < 1.29 is 19.2 Å². The number of benzene rings is 1. The van der Waals surface area contributed by atoms with Crippen molar-refractivity contribution in [3.8, 4) is 6.07 Å². The van der Waals surface area contributed by atoms with Crippen molar-refractivity contribution in [3.63, 3.8) is 0 Å². The molecule has 0 unspecified atom stereocenters. The van der Waals surface area contributed by atoms with Gasteiger partial charge in [0.2, 0.25) is 0 Å². The Kier molecular flexibility index (Phi) is 5.49. The molecule has 1 saturated heterocycles. The molecule has 0 bridgehead atoms. The molecule has 28 heavy (non-hydrogen) atoms. The van der Waals surface area contributed by atoms with Crippen molar-refractivity contribution in [3.05, 3.63) is 33.9 Å². The van der Waals surface area contributed by atoms with Crippen molar-refractivity contribution in [2.75, 3.05) is 24.6 Å². The summed E-state index contributed by atoms with van der Waals surface area (Å²) in [5, 5.41) is 23.0. The van der Waals surface area contributed by atoms with Crippen LogP contribution in [0.4, 0.5) is 11.4 Å². The Bertz CT molecular complexity index is 839. The highest BCUT2D eigenvalue weighted by Gasteiger charge is 2.43. The van der Waals surface area contributed by atoms with Gasteiger partial charge in [-0.3, -0.25) is 14.9 Å². The van der Waals surface area contributed by atoms with Gasteiger partial charge >= 0.3 is 5.97 Å². The highest BCUT2D eigenvalue weighted by Crippen LogP contribution is 2.39. The first kappa shape index (κ1) is 19.6. The minimum absolute atomic E-state index is 0.0640. The molecule has 1 aliphatic carbocycles. The maximum Gasteiger partial charge on any atom is 0.341 e. The number of ether oxygens (including phenoxy) is 1. The number of non-ortho nitro benzene ring substituents is 1. The number of carbonyl (C=O) groups is 2. The summed E-state index contributed by atoms with van der Waals surface area (Å²) in [7, 11) is 0. The number of rotatable bonds is 7. The van der Waals surface area contributed by atoms with Crippen LogP contribution >= 0.6 is 0 Å². The molecule has 1 aliphatic heterocycles. The smallest absolute Gasteiger partial charge is 0.341 e. The molecule has 9 heteroatoms. The molecule has 1 aromatic carbocycles. The van der Waals surface area contributed by atoms with Crippen LogP contribution < -0.4 is 10.2 Å². The van der Waals surface area contributed by atoms with Crippen LogP contribution in [-0.2, 0) is 9.53 Å². The van der Waals surface area contributed by atoms with Gasteiger partial charge in [0.05, 0.1) is 22.2 Å². The zero-order chi connectivity index (χ0) is 20.3. The van der Waals surface area contributed by atoms with Gasteiger partial charge in [0.25, 0.3) is 11.6 Å². The number of nitro benzene ring substituents is 1. The molecule has 2 aliphatic rings. The second-order valence-corrected chi connectivity index (χ2v) is 7.37. The number of hydrogen-bond donors (Lipinski definition) is 1. The summed E-state index contributed by atoms with van der Waals surface area (Å²) in [6.07, 6.45) is 3.69. The number of nitrogens with zero attached hydrogens (tertiary/aromatic N) is 3. The molecule has 2 fully saturated rings. The first-order valence-corrected chi connectivity index (χ1v) is 9.27. The molecule has 1 N–H and O–H groups in total. The Morgan fingerprint density at radius 3 is 2.64 bits per heavy atom. The van der Waals surface area contributed by atoms with Crippen LogP contribution in [0.1, 0.15) is 43.0 Å². The number of carbonyl (C=O) groups excluding carboxylic acids is 2. The summed E-state index contributed by atoms with van der Waals surface area (Å²) in [5.41, 5.74) is -0.567. The predicted octanol–water partition coefficient (Wildman–Crippen LogP) is 2.16. The van der Waals surface area contributed by atoms with E-state index in [1.54, 1.807) is 13.0 Å². The fourth-order valence-electron chi connectivity index (χ4n) is 3.45. The Hall–Kier alpha value is -3.15. The summed E-state index contributed by atoms with van der Waals surface area (Å²) in [5.74, 6) is -1.26. The minimum atomic E-state index is -0.976. The Labute approximate surface area is 162 Å². The van der Waals surface area contributed by atoms with Crippen molar-refractivity contribution in [2.24, 2.45) is 5.92 Å². The van der Waals surface area contributed by atoms with Crippen LogP contribution in [0.3, 0.4) is 0 Å². The number of anilines is 1. The monoisotopic (exact) mass is 386 g/mol. The van der Waals surface area contributed by atoms with Gasteiger partial charge in [-0.15, -0.1) is 0 Å². The Balaban J connectivity index is 1.70. The number of amides is 1. The molecule has 1 aromatic rings. The van der Waals surface area contributed by atoms with E-state index in [-0.39, 0.29) is 17.2 Å². The number of esters is 1. The van der Waals surface area contributed by atoms with E-state index < -0.39 is 28.9 Å². The fraction of sp³-hybridized carbons (Fsp3) is 0.526. The fourth-order valence-corrected chi connectivity index (χ4v) is 3.45. The van der Waals surface area contributed by atoms with E-state index in [0.717, 1.165) is 38.8 Å². The second-order valence-electron chi connectivity index (χ2n) is 7.37. The number of nitriles is 1. The van der Waals surface area contributed by atoms with Gasteiger partial charge in [0.1, 0.15) is 5.54 Å². The van der Waals surface area contributed by atoms with Gasteiger partial charge in [-0.1, -0.05) is 0 Å². The van der Waals surface area contributed by atoms with Gasteiger partial charge in [0, 0.05) is 25.2 Å². The third-order valence-electron chi connectivity index (χ3n) is 5.22. The topological polar surface area (TPSA) is 126 Å². The molecule has 1 saturated carbocycles. The Morgan fingerprint density at radius 1 is 1.39 bits per heavy atom. The van der Waals surface area contributed by atoms with Crippen molar-refractivity contribution in [1.82, 2.24) is 5.32 Å². The van der Waals surface area contributed by atoms with E-state index in [1.807, 2.05) is 4.90 Å². The van der Waals surface area contributed by atoms with Gasteiger partial charge < -0.3 is 15.0 Å². The molecule has 9 nitrogen and oxygen atoms in total. The number of nitrogens with one attached hydrogen (secondary N) is 1. The van der Waals surface area contributed by atoms with Crippen molar-refractivity contribution in [1.29, 1.82) is 5.26 Å². The molecule has 1 atom stereocenters. The largest absolute Gasteiger partial charge is 0.452 e. The summed E-state index contributed by atoms with van der Waals surface area (Å²) in [6.45, 7) is 2.60. The molecular weight excluding hydrogens is 364 g/mol. The highest BCUT2D eigenvalue weighted by molar-refractivity contribution is 5.98. The van der Waals surface area contributed by atoms with Crippen LogP contribution in [0.25, 0.3) is 0 Å². The summed E-state index contributed by atoms with van der Waals surface area (Å²) < 4.78 is 5.11. The lowest BCUT2D eigenvalue weighted by atomic mass is 9.98. The Morgan fingerprint density at radius 2 is 2.07 bits per heavy atom. The van der Waals surface area contributed by atoms with E-state index in [9.17, 15) is 25.0 Å². The van der Waals surface area contributed by atoms with Crippen LogP contribution in [0.5, 0.6) is 0 Å². The van der Waals surface area contributed by atoms with Gasteiger partial charge in [-0.05, 0) is 44.6 Å². The maximum absolute atomic E-state index is 12.6. The molecule has 0 radical (unpaired) electrons. The summed E-state index contributed by atoms with van der Waals surface area (Å²) in [4.78, 5) is 37.2. The van der Waals surface area contributed by atoms with Gasteiger partial charge in [-0.25, -0.2) is 4.79 Å². The summed E-state index contributed by atoms with van der Waals surface area (Å²) in [6, 6.07) is 6.17. The van der Waals surface area contributed by atoms with Crippen LogP contribution in [0, 0.1) is 27.4 Å². The van der Waals surface area contributed by atoms with Gasteiger partial charge in [0.15, 0.2) is 6.61 Å². The third kappa shape index (κ3) is 4.22. The van der Waals surface area contributed by atoms with E-state index >= 15 is 0 Å². The lowest BCUT2D eigenvalue weighted by molar-refractivity contribution is -0.384. The first-order chi connectivity index (χ1) is 13.3. The van der Waals surface area contributed by atoms with Crippen LogP contribution in [0.15, 0.2) is 18.2 Å². The SMILES string of the molecule is C[C@@](C#N)(NC(=O)COC(=O)c1cc([N+](=O)[O-])ccc1N1CCCC1)C1CC1. The van der Waals surface area contributed by atoms with E-state index in [2.05, 4.69) is 11.4 Å². The molecule has 0 aromatic heterocycles. The molecule has 0 spiro atoms. The van der Waals surface area contributed by atoms with Crippen molar-refractivity contribution in [2.45, 2.75) is 38.1 Å². The zero-order valence-corrected chi connectivity index (χ0v) is 15.6. The van der Waals surface area contributed by atoms with Crippen LogP contribution in [0.2, 0.25) is 0 Å². The average Bonchev–Trinajstić information content (AvgIpc) is 3.41.